The minimum absolute atomic E-state index is 0.148. The van der Waals surface area contributed by atoms with Crippen LogP contribution in [0.1, 0.15) is 12.8 Å². The Balaban J connectivity index is 1.67. The molecule has 2 saturated heterocycles. The van der Waals surface area contributed by atoms with E-state index in [1.165, 1.54) is 12.1 Å². The molecule has 0 radical (unpaired) electrons. The zero-order valence-corrected chi connectivity index (χ0v) is 14.8. The molecular formula is C16H21N3O5S. The molecule has 1 spiro atoms. The van der Waals surface area contributed by atoms with Crippen LogP contribution in [-0.2, 0) is 14.8 Å². The molecule has 1 aromatic carbocycles. The van der Waals surface area contributed by atoms with Gasteiger partial charge in [0.05, 0.1) is 10.4 Å². The SMILES string of the molecule is CN1CCN(S(=O)(=O)c2ccc3[nH]c(=O)oc3c2)CC12CCOCC2. The number of H-pyrrole nitrogens is 1. The van der Waals surface area contributed by atoms with Crippen molar-refractivity contribution in [3.05, 3.63) is 28.7 Å². The maximum absolute atomic E-state index is 13.1. The maximum Gasteiger partial charge on any atom is 0.417 e. The predicted molar refractivity (Wildman–Crippen MR) is 91.0 cm³/mol. The molecule has 2 aromatic rings. The molecule has 0 atom stereocenters. The van der Waals surface area contributed by atoms with Crippen molar-refractivity contribution in [2.75, 3.05) is 39.9 Å². The molecule has 25 heavy (non-hydrogen) atoms. The number of rotatable bonds is 2. The third-order valence-electron chi connectivity index (χ3n) is 5.42. The molecule has 2 aliphatic rings. The van der Waals surface area contributed by atoms with Crippen molar-refractivity contribution in [1.29, 1.82) is 0 Å². The van der Waals surface area contributed by atoms with E-state index in [9.17, 15) is 13.2 Å². The van der Waals surface area contributed by atoms with Crippen LogP contribution in [0.15, 0.2) is 32.3 Å². The lowest BCUT2D eigenvalue weighted by atomic mass is 9.87. The highest BCUT2D eigenvalue weighted by Gasteiger charge is 2.44. The summed E-state index contributed by atoms with van der Waals surface area (Å²) in [6.45, 7) is 2.87. The Morgan fingerprint density at radius 2 is 1.96 bits per heavy atom. The molecule has 136 valence electrons. The normalized spacial score (nSPS) is 22.6. The second-order valence-electron chi connectivity index (χ2n) is 6.77. The van der Waals surface area contributed by atoms with Gasteiger partial charge < -0.3 is 9.15 Å². The van der Waals surface area contributed by atoms with E-state index in [4.69, 9.17) is 9.15 Å². The fraction of sp³-hybridized carbons (Fsp3) is 0.562. The molecule has 0 amide bonds. The van der Waals surface area contributed by atoms with Crippen LogP contribution < -0.4 is 5.76 Å². The van der Waals surface area contributed by atoms with Crippen LogP contribution in [0.25, 0.3) is 11.1 Å². The fourth-order valence-electron chi connectivity index (χ4n) is 3.76. The number of likely N-dealkylation sites (N-methyl/N-ethyl adjacent to an activating group) is 1. The van der Waals surface area contributed by atoms with Gasteiger partial charge in [0.15, 0.2) is 5.58 Å². The minimum atomic E-state index is -3.65. The summed E-state index contributed by atoms with van der Waals surface area (Å²) in [6.07, 6.45) is 1.64. The first kappa shape index (κ1) is 16.8. The lowest BCUT2D eigenvalue weighted by molar-refractivity contribution is -0.0445. The van der Waals surface area contributed by atoms with Crippen molar-refractivity contribution in [2.45, 2.75) is 23.3 Å². The molecule has 1 N–H and O–H groups in total. The van der Waals surface area contributed by atoms with Crippen molar-refractivity contribution in [1.82, 2.24) is 14.2 Å². The lowest BCUT2D eigenvalue weighted by Gasteiger charge is -2.50. The van der Waals surface area contributed by atoms with E-state index in [2.05, 4.69) is 16.9 Å². The van der Waals surface area contributed by atoms with E-state index in [1.807, 2.05) is 0 Å². The van der Waals surface area contributed by atoms with Gasteiger partial charge in [-0.1, -0.05) is 0 Å². The highest BCUT2D eigenvalue weighted by atomic mass is 32.2. The van der Waals surface area contributed by atoms with E-state index in [1.54, 1.807) is 10.4 Å². The van der Waals surface area contributed by atoms with E-state index in [0.29, 0.717) is 38.4 Å². The molecule has 3 heterocycles. The van der Waals surface area contributed by atoms with Gasteiger partial charge in [0.1, 0.15) is 0 Å². The number of aromatic amines is 1. The number of piperazine rings is 1. The quantitative estimate of drug-likeness (QED) is 0.835. The van der Waals surface area contributed by atoms with Crippen LogP contribution in [0, 0.1) is 0 Å². The summed E-state index contributed by atoms with van der Waals surface area (Å²) < 4.78 is 38.2. The van der Waals surface area contributed by atoms with Crippen LogP contribution in [0.3, 0.4) is 0 Å². The third kappa shape index (κ3) is 2.80. The highest BCUT2D eigenvalue weighted by molar-refractivity contribution is 7.89. The van der Waals surface area contributed by atoms with E-state index in [0.717, 1.165) is 12.8 Å². The summed E-state index contributed by atoms with van der Waals surface area (Å²) in [5.41, 5.74) is 0.568. The monoisotopic (exact) mass is 367 g/mol. The average Bonchev–Trinajstić information content (AvgIpc) is 2.97. The van der Waals surface area contributed by atoms with Crippen LogP contribution >= 0.6 is 0 Å². The van der Waals surface area contributed by atoms with Crippen molar-refractivity contribution in [3.8, 4) is 0 Å². The maximum atomic E-state index is 13.1. The molecule has 0 unspecified atom stereocenters. The molecule has 9 heteroatoms. The molecule has 0 bridgehead atoms. The Bertz CT molecular complexity index is 942. The summed E-state index contributed by atoms with van der Waals surface area (Å²) in [5.74, 6) is -0.592. The van der Waals surface area contributed by atoms with Gasteiger partial charge in [-0.15, -0.1) is 0 Å². The van der Waals surface area contributed by atoms with Gasteiger partial charge in [0.2, 0.25) is 10.0 Å². The molecule has 0 saturated carbocycles. The topological polar surface area (TPSA) is 95.9 Å². The standard InChI is InChI=1S/C16H21N3O5S/c1-18-6-7-19(11-16(18)4-8-23-9-5-16)25(21,22)12-2-3-13-14(10-12)24-15(20)17-13/h2-3,10H,4-9,11H2,1H3,(H,17,20). The Labute approximate surface area is 145 Å². The Morgan fingerprint density at radius 1 is 1.20 bits per heavy atom. The molecule has 2 aliphatic heterocycles. The van der Waals surface area contributed by atoms with E-state index >= 15 is 0 Å². The fourth-order valence-corrected chi connectivity index (χ4v) is 5.28. The van der Waals surface area contributed by atoms with Crippen LogP contribution in [0.4, 0.5) is 0 Å². The third-order valence-corrected chi connectivity index (χ3v) is 7.26. The second-order valence-corrected chi connectivity index (χ2v) is 8.71. The van der Waals surface area contributed by atoms with Crippen molar-refractivity contribution >= 4 is 21.1 Å². The molecule has 1 aromatic heterocycles. The summed E-state index contributed by atoms with van der Waals surface area (Å²) in [6, 6.07) is 4.49. The van der Waals surface area contributed by atoms with Crippen LogP contribution in [0.2, 0.25) is 0 Å². The molecule has 8 nitrogen and oxygen atoms in total. The number of oxazole rings is 1. The molecule has 4 rings (SSSR count). The first-order chi connectivity index (χ1) is 11.9. The van der Waals surface area contributed by atoms with Crippen LogP contribution in [-0.4, -0.2) is 68.0 Å². The number of aromatic nitrogens is 1. The molecule has 0 aliphatic carbocycles. The number of hydrogen-bond acceptors (Lipinski definition) is 6. The summed E-state index contributed by atoms with van der Waals surface area (Å²) in [5, 5.41) is 0. The van der Waals surface area contributed by atoms with Crippen molar-refractivity contribution < 1.29 is 17.6 Å². The van der Waals surface area contributed by atoms with Crippen LogP contribution in [0.5, 0.6) is 0 Å². The van der Waals surface area contributed by atoms with E-state index < -0.39 is 15.8 Å². The largest absolute Gasteiger partial charge is 0.417 e. The van der Waals surface area contributed by atoms with Gasteiger partial charge in [-0.25, -0.2) is 13.2 Å². The van der Waals surface area contributed by atoms with Gasteiger partial charge in [-0.05, 0) is 32.0 Å². The highest BCUT2D eigenvalue weighted by Crippen LogP contribution is 2.33. The van der Waals surface area contributed by atoms with Gasteiger partial charge in [-0.3, -0.25) is 9.88 Å². The lowest BCUT2D eigenvalue weighted by Crippen LogP contribution is -2.63. The predicted octanol–water partition coefficient (Wildman–Crippen LogP) is 0.606. The van der Waals surface area contributed by atoms with Gasteiger partial charge >= 0.3 is 5.76 Å². The second kappa shape index (κ2) is 5.94. The number of ether oxygens (including phenoxy) is 1. The van der Waals surface area contributed by atoms with Gasteiger partial charge in [0.25, 0.3) is 0 Å². The van der Waals surface area contributed by atoms with Crippen molar-refractivity contribution in [2.24, 2.45) is 0 Å². The summed E-state index contributed by atoms with van der Waals surface area (Å²) in [7, 11) is -1.60. The summed E-state index contributed by atoms with van der Waals surface area (Å²) in [4.78, 5) is 16.2. The zero-order chi connectivity index (χ0) is 17.7. The first-order valence-electron chi connectivity index (χ1n) is 8.33. The zero-order valence-electron chi connectivity index (χ0n) is 14.0. The number of fused-ring (bicyclic) bond motifs is 1. The van der Waals surface area contributed by atoms with Gasteiger partial charge in [0, 0.05) is 44.5 Å². The smallest absolute Gasteiger partial charge is 0.408 e. The Morgan fingerprint density at radius 3 is 2.72 bits per heavy atom. The number of nitrogens with zero attached hydrogens (tertiary/aromatic N) is 2. The Kier molecular flexibility index (Phi) is 3.99. The Hall–Kier alpha value is -1.68. The minimum Gasteiger partial charge on any atom is -0.408 e. The number of nitrogens with one attached hydrogen (secondary N) is 1. The number of sulfonamides is 1. The number of benzene rings is 1. The summed E-state index contributed by atoms with van der Waals surface area (Å²) >= 11 is 0. The average molecular weight is 367 g/mol. The number of hydrogen-bond donors (Lipinski definition) is 1. The van der Waals surface area contributed by atoms with Gasteiger partial charge in [-0.2, -0.15) is 4.31 Å². The van der Waals surface area contributed by atoms with E-state index in [-0.39, 0.29) is 16.0 Å². The molecular weight excluding hydrogens is 346 g/mol. The molecule has 2 fully saturated rings. The van der Waals surface area contributed by atoms with Crippen molar-refractivity contribution in [3.63, 3.8) is 0 Å². The first-order valence-corrected chi connectivity index (χ1v) is 9.77.